The van der Waals surface area contributed by atoms with Crippen molar-refractivity contribution in [3.8, 4) is 56.0 Å². The van der Waals surface area contributed by atoms with E-state index in [1.54, 1.807) is 0 Å². The van der Waals surface area contributed by atoms with Crippen LogP contribution in [0.25, 0.3) is 66.1 Å². The Balaban J connectivity index is 0.988. The number of ether oxygens (including phenoxy) is 1. The van der Waals surface area contributed by atoms with Crippen molar-refractivity contribution in [3.05, 3.63) is 200 Å². The Hall–Kier alpha value is -6.90. The van der Waals surface area contributed by atoms with Crippen LogP contribution in [0.1, 0.15) is 0 Å². The maximum Gasteiger partial charge on any atom is 0.135 e. The molecule has 1 heterocycles. The number of fused-ring (bicyclic) bond motifs is 3. The largest absolute Gasteiger partial charge is 0.456 e. The Labute approximate surface area is 303 Å². The first kappa shape index (κ1) is 30.0. The summed E-state index contributed by atoms with van der Waals surface area (Å²) < 4.78 is 6.39. The summed E-state index contributed by atoms with van der Waals surface area (Å²) in [5.74, 6) is 1.80. The van der Waals surface area contributed by atoms with Gasteiger partial charge in [-0.2, -0.15) is 0 Å². The molecule has 1 aliphatic rings. The first-order valence-electron chi connectivity index (χ1n) is 17.8. The molecular formula is C50H33NO. The van der Waals surface area contributed by atoms with Crippen LogP contribution >= 0.6 is 0 Å². The molecule has 244 valence electrons. The third-order valence-electron chi connectivity index (χ3n) is 10.3. The van der Waals surface area contributed by atoms with Crippen LogP contribution in [0.4, 0.5) is 17.1 Å². The monoisotopic (exact) mass is 663 g/mol. The van der Waals surface area contributed by atoms with Gasteiger partial charge in [-0.05, 0) is 110 Å². The van der Waals surface area contributed by atoms with Crippen LogP contribution in [-0.2, 0) is 0 Å². The van der Waals surface area contributed by atoms with Crippen molar-refractivity contribution in [2.24, 2.45) is 0 Å². The molecular weight excluding hydrogens is 631 g/mol. The third-order valence-corrected chi connectivity index (χ3v) is 10.3. The predicted molar refractivity (Wildman–Crippen MR) is 218 cm³/mol. The van der Waals surface area contributed by atoms with Crippen LogP contribution in [0.3, 0.4) is 0 Å². The zero-order valence-corrected chi connectivity index (χ0v) is 28.4. The molecule has 0 fully saturated rings. The van der Waals surface area contributed by atoms with Gasteiger partial charge in [-0.25, -0.2) is 0 Å². The zero-order chi connectivity index (χ0) is 34.4. The average molecular weight is 664 g/mol. The van der Waals surface area contributed by atoms with E-state index in [2.05, 4.69) is 205 Å². The van der Waals surface area contributed by atoms with Gasteiger partial charge in [-0.1, -0.05) is 146 Å². The number of rotatable bonds is 6. The normalized spacial score (nSPS) is 11.6. The molecule has 2 nitrogen and oxygen atoms in total. The second-order valence-corrected chi connectivity index (χ2v) is 13.3. The molecule has 0 aromatic heterocycles. The van der Waals surface area contributed by atoms with Gasteiger partial charge in [0.15, 0.2) is 0 Å². The summed E-state index contributed by atoms with van der Waals surface area (Å²) in [7, 11) is 0. The second kappa shape index (κ2) is 12.5. The van der Waals surface area contributed by atoms with E-state index in [0.29, 0.717) is 0 Å². The lowest BCUT2D eigenvalue weighted by Crippen LogP contribution is -2.09. The molecule has 0 atom stereocenters. The summed E-state index contributed by atoms with van der Waals surface area (Å²) in [5.41, 5.74) is 12.8. The molecule has 9 aromatic rings. The van der Waals surface area contributed by atoms with Crippen molar-refractivity contribution in [2.75, 3.05) is 4.90 Å². The molecule has 1 aliphatic heterocycles. The average Bonchev–Trinajstić information content (AvgIpc) is 3.22. The van der Waals surface area contributed by atoms with E-state index in [0.717, 1.165) is 45.3 Å². The molecule has 0 saturated heterocycles. The standard InChI is InChI=1S/C50H33NO/c1-2-15-41(16-3-1)51(42-29-26-35(27-30-42)34-22-24-37(25-23-34)45-19-7-11-36-10-4-5-18-44(36)45)43-17-6-14-39(32-43)40-28-31-48-47(33-40)46-20-8-12-38-13-9-21-49(52-48)50(38)46/h1-33H. The van der Waals surface area contributed by atoms with E-state index < -0.39 is 0 Å². The SMILES string of the molecule is c1ccc(N(c2ccc(-c3ccc(-c4cccc5ccccc45)cc3)cc2)c2cccc(-c3ccc4c(c3)-c3cccc5cccc(c35)O4)c2)cc1. The molecule has 0 unspecified atom stereocenters. The van der Waals surface area contributed by atoms with Crippen molar-refractivity contribution >= 4 is 38.6 Å². The van der Waals surface area contributed by atoms with E-state index in [1.165, 1.54) is 49.4 Å². The molecule has 0 spiro atoms. The summed E-state index contributed by atoms with van der Waals surface area (Å²) in [4.78, 5) is 2.33. The van der Waals surface area contributed by atoms with Gasteiger partial charge in [0.05, 0.1) is 0 Å². The summed E-state index contributed by atoms with van der Waals surface area (Å²) in [6, 6.07) is 71.6. The van der Waals surface area contributed by atoms with Crippen LogP contribution in [0.15, 0.2) is 200 Å². The summed E-state index contributed by atoms with van der Waals surface area (Å²) in [6.07, 6.45) is 0. The van der Waals surface area contributed by atoms with Gasteiger partial charge in [-0.3, -0.25) is 0 Å². The molecule has 0 saturated carbocycles. The van der Waals surface area contributed by atoms with Crippen LogP contribution in [0, 0.1) is 0 Å². The van der Waals surface area contributed by atoms with Crippen LogP contribution in [0.2, 0.25) is 0 Å². The topological polar surface area (TPSA) is 12.5 Å². The van der Waals surface area contributed by atoms with Crippen molar-refractivity contribution in [2.45, 2.75) is 0 Å². The van der Waals surface area contributed by atoms with Crippen molar-refractivity contribution < 1.29 is 4.74 Å². The minimum Gasteiger partial charge on any atom is -0.456 e. The van der Waals surface area contributed by atoms with E-state index in [-0.39, 0.29) is 0 Å². The van der Waals surface area contributed by atoms with Gasteiger partial charge in [0.25, 0.3) is 0 Å². The second-order valence-electron chi connectivity index (χ2n) is 13.3. The molecule has 0 radical (unpaired) electrons. The first-order chi connectivity index (χ1) is 25.8. The number of nitrogens with zero attached hydrogens (tertiary/aromatic N) is 1. The molecule has 10 rings (SSSR count). The van der Waals surface area contributed by atoms with E-state index in [4.69, 9.17) is 4.74 Å². The number of anilines is 3. The van der Waals surface area contributed by atoms with E-state index >= 15 is 0 Å². The van der Waals surface area contributed by atoms with Gasteiger partial charge in [0, 0.05) is 28.0 Å². The molecule has 2 heteroatoms. The van der Waals surface area contributed by atoms with Crippen LogP contribution in [-0.4, -0.2) is 0 Å². The highest BCUT2D eigenvalue weighted by molar-refractivity contribution is 6.04. The van der Waals surface area contributed by atoms with Crippen LogP contribution in [0.5, 0.6) is 11.5 Å². The number of hydrogen-bond acceptors (Lipinski definition) is 2. The molecule has 0 aliphatic carbocycles. The Morgan fingerprint density at radius 2 is 0.885 bits per heavy atom. The van der Waals surface area contributed by atoms with E-state index in [9.17, 15) is 0 Å². The molecule has 0 N–H and O–H groups in total. The third kappa shape index (κ3) is 5.21. The maximum atomic E-state index is 6.39. The summed E-state index contributed by atoms with van der Waals surface area (Å²) in [6.45, 7) is 0. The molecule has 9 aromatic carbocycles. The Morgan fingerprint density at radius 3 is 1.71 bits per heavy atom. The number of hydrogen-bond donors (Lipinski definition) is 0. The Morgan fingerprint density at radius 1 is 0.308 bits per heavy atom. The predicted octanol–water partition coefficient (Wildman–Crippen LogP) is 14.2. The van der Waals surface area contributed by atoms with Gasteiger partial charge in [0.2, 0.25) is 0 Å². The molecule has 52 heavy (non-hydrogen) atoms. The highest BCUT2D eigenvalue weighted by Crippen LogP contribution is 2.48. The van der Waals surface area contributed by atoms with E-state index in [1.807, 2.05) is 0 Å². The summed E-state index contributed by atoms with van der Waals surface area (Å²) >= 11 is 0. The minimum atomic E-state index is 0.889. The Bertz CT molecular complexity index is 2740. The lowest BCUT2D eigenvalue weighted by molar-refractivity contribution is 0.487. The first-order valence-corrected chi connectivity index (χ1v) is 17.8. The fourth-order valence-electron chi connectivity index (χ4n) is 7.71. The molecule has 0 bridgehead atoms. The van der Waals surface area contributed by atoms with Crippen LogP contribution < -0.4 is 9.64 Å². The number of para-hydroxylation sites is 1. The summed E-state index contributed by atoms with van der Waals surface area (Å²) in [5, 5.41) is 4.89. The lowest BCUT2D eigenvalue weighted by Gasteiger charge is -2.26. The van der Waals surface area contributed by atoms with Crippen molar-refractivity contribution in [3.63, 3.8) is 0 Å². The van der Waals surface area contributed by atoms with Crippen molar-refractivity contribution in [1.82, 2.24) is 0 Å². The maximum absolute atomic E-state index is 6.39. The minimum absolute atomic E-state index is 0.889. The van der Waals surface area contributed by atoms with Gasteiger partial charge < -0.3 is 9.64 Å². The number of benzene rings is 9. The fraction of sp³-hybridized carbons (Fsp3) is 0. The quantitative estimate of drug-likeness (QED) is 0.176. The zero-order valence-electron chi connectivity index (χ0n) is 28.4. The van der Waals surface area contributed by atoms with Crippen molar-refractivity contribution in [1.29, 1.82) is 0 Å². The highest BCUT2D eigenvalue weighted by Gasteiger charge is 2.21. The Kier molecular flexibility index (Phi) is 7.18. The fourth-order valence-corrected chi connectivity index (χ4v) is 7.71. The highest BCUT2D eigenvalue weighted by atomic mass is 16.5. The van der Waals surface area contributed by atoms with Gasteiger partial charge in [-0.15, -0.1) is 0 Å². The van der Waals surface area contributed by atoms with Gasteiger partial charge >= 0.3 is 0 Å². The molecule has 0 amide bonds. The smallest absolute Gasteiger partial charge is 0.135 e. The lowest BCUT2D eigenvalue weighted by atomic mass is 9.92. The van der Waals surface area contributed by atoms with Gasteiger partial charge in [0.1, 0.15) is 11.5 Å².